The molecule has 1 aromatic carbocycles. The number of carbonyl (C=O) groups is 2. The number of epoxide rings is 1. The monoisotopic (exact) mass is 648 g/mol. The van der Waals surface area contributed by atoms with Crippen LogP contribution < -0.4 is 0 Å². The summed E-state index contributed by atoms with van der Waals surface area (Å²) >= 11 is 0. The third kappa shape index (κ3) is 4.10. The maximum absolute atomic E-state index is 13.8. The minimum Gasteiger partial charge on any atom is -0.455 e. The predicted octanol–water partition coefficient (Wildman–Crippen LogP) is 3.55. The molecule has 3 bridgehead atoms. The van der Waals surface area contributed by atoms with Crippen LogP contribution in [-0.4, -0.2) is 80.5 Å². The van der Waals surface area contributed by atoms with Gasteiger partial charge in [-0.25, -0.2) is 4.79 Å². The van der Waals surface area contributed by atoms with E-state index in [1.54, 1.807) is 38.1 Å². The summed E-state index contributed by atoms with van der Waals surface area (Å²) in [4.78, 5) is 27.4. The van der Waals surface area contributed by atoms with Gasteiger partial charge in [0.2, 0.25) is 0 Å². The van der Waals surface area contributed by atoms with Crippen molar-refractivity contribution in [1.82, 2.24) is 0 Å². The normalized spacial score (nSPS) is 45.8. The average Bonchev–Trinajstić information content (AvgIpc) is 3.68. The standard InChI is InChI=1S/C37H44O10/c1-6-7-8-9-10-11-15-18-26(39)43-29-23(5)36-25-19-22(4)28(40)34(25,42)32(41)33(20-38)30(44-33)27(36)31-35(29,21(2)3)46-37(45-31,47-36)24-16-13-12-14-17-24/h10-19,23,25,27,29-32,38,41-42H,2,6-9,20H2,1,3-5H3/t23-,25-,27+,29-,30+,31-,32-,33+,34-,35+,36+,37-/m1/s1. The van der Waals surface area contributed by atoms with Crippen LogP contribution in [0, 0.1) is 17.8 Å². The fourth-order valence-corrected chi connectivity index (χ4v) is 9.30. The van der Waals surface area contributed by atoms with Crippen molar-refractivity contribution in [3.63, 3.8) is 0 Å². The van der Waals surface area contributed by atoms with Crippen LogP contribution in [0.5, 0.6) is 0 Å². The van der Waals surface area contributed by atoms with E-state index in [2.05, 4.69) is 13.5 Å². The second kappa shape index (κ2) is 11.0. The van der Waals surface area contributed by atoms with Crippen LogP contribution in [0.15, 0.2) is 78.4 Å². The number of hydrogen-bond donors (Lipinski definition) is 3. The topological polar surface area (TPSA) is 144 Å². The van der Waals surface area contributed by atoms with E-state index in [0.29, 0.717) is 11.1 Å². The number of carbonyl (C=O) groups excluding carboxylic acids is 2. The Kier molecular flexibility index (Phi) is 7.65. The first-order valence-corrected chi connectivity index (χ1v) is 16.7. The first kappa shape index (κ1) is 32.6. The number of hydrogen-bond acceptors (Lipinski definition) is 10. The largest absolute Gasteiger partial charge is 0.455 e. The van der Waals surface area contributed by atoms with Crippen LogP contribution in [0.4, 0.5) is 0 Å². The van der Waals surface area contributed by atoms with Gasteiger partial charge in [-0.15, -0.1) is 0 Å². The van der Waals surface area contributed by atoms with Gasteiger partial charge in [0.15, 0.2) is 17.0 Å². The first-order valence-electron chi connectivity index (χ1n) is 16.7. The molecule has 2 saturated carbocycles. The highest BCUT2D eigenvalue weighted by atomic mass is 16.9. The number of aliphatic hydroxyl groups is 3. The molecule has 5 fully saturated rings. The number of ketones is 1. The van der Waals surface area contributed by atoms with Gasteiger partial charge in [0.1, 0.15) is 30.0 Å². The second-order valence-corrected chi connectivity index (χ2v) is 14.1. The lowest BCUT2D eigenvalue weighted by molar-refractivity contribution is -0.440. The maximum atomic E-state index is 13.8. The number of allylic oxidation sites excluding steroid dienone is 3. The Morgan fingerprint density at radius 2 is 1.85 bits per heavy atom. The minimum atomic E-state index is -2.42. The summed E-state index contributed by atoms with van der Waals surface area (Å²) in [6.07, 6.45) is 7.98. The summed E-state index contributed by atoms with van der Waals surface area (Å²) < 4.78 is 33.3. The van der Waals surface area contributed by atoms with Crippen molar-refractivity contribution in [2.45, 2.75) is 106 Å². The van der Waals surface area contributed by atoms with E-state index in [0.717, 1.165) is 25.7 Å². The van der Waals surface area contributed by atoms with Crippen molar-refractivity contribution in [3.8, 4) is 0 Å². The van der Waals surface area contributed by atoms with Crippen molar-refractivity contribution in [1.29, 1.82) is 0 Å². The Labute approximate surface area is 274 Å². The maximum Gasteiger partial charge on any atom is 0.331 e. The Morgan fingerprint density at radius 3 is 2.53 bits per heavy atom. The molecule has 0 spiro atoms. The van der Waals surface area contributed by atoms with Crippen LogP contribution in [0.2, 0.25) is 0 Å². The number of fused-ring (bicyclic) bond motifs is 3. The van der Waals surface area contributed by atoms with Crippen molar-refractivity contribution in [2.75, 3.05) is 6.61 Å². The molecule has 0 amide bonds. The molecule has 47 heavy (non-hydrogen) atoms. The Bertz CT molecular complexity index is 1570. The van der Waals surface area contributed by atoms with E-state index >= 15 is 0 Å². The van der Waals surface area contributed by atoms with Crippen LogP contribution >= 0.6 is 0 Å². The van der Waals surface area contributed by atoms with E-state index < -0.39 is 88.9 Å². The molecule has 6 aliphatic rings. The number of aliphatic hydroxyl groups excluding tert-OH is 2. The number of rotatable bonds is 10. The van der Waals surface area contributed by atoms with E-state index in [4.69, 9.17) is 23.7 Å². The molecule has 3 heterocycles. The molecule has 12 atom stereocenters. The molecule has 1 aromatic rings. The van der Waals surface area contributed by atoms with Gasteiger partial charge in [-0.3, -0.25) is 4.79 Å². The summed E-state index contributed by atoms with van der Waals surface area (Å²) in [6, 6.07) is 9.04. The number of benzene rings is 1. The predicted molar refractivity (Wildman–Crippen MR) is 168 cm³/mol. The van der Waals surface area contributed by atoms with E-state index in [1.807, 2.05) is 37.3 Å². The fraction of sp³-hybridized carbons (Fsp3) is 0.568. The molecular formula is C37H44O10. The van der Waals surface area contributed by atoms with Gasteiger partial charge in [0, 0.05) is 29.4 Å². The summed E-state index contributed by atoms with van der Waals surface area (Å²) in [5.74, 6) is -5.86. The Hall–Kier alpha value is -2.96. The van der Waals surface area contributed by atoms with Gasteiger partial charge >= 0.3 is 11.9 Å². The van der Waals surface area contributed by atoms with Crippen molar-refractivity contribution < 1.29 is 48.6 Å². The van der Waals surface area contributed by atoms with Crippen LogP contribution in [0.3, 0.4) is 0 Å². The number of ether oxygens (including phenoxy) is 5. The SMILES string of the molecule is C=C(C)[C@@]12O[C@@]3(c4ccccc4)O[C@@H]1[C@@H]1[C@@H]4O[C@]4(CO)[C@@H](O)[C@]4(O)C(=O)C(C)=C[C@H]4[C@@]1(O3)[C@H](C)[C@H]2OC(=O)C=CC=CCCCCC. The molecule has 3 N–H and O–H groups in total. The molecule has 3 saturated heterocycles. The van der Waals surface area contributed by atoms with E-state index in [-0.39, 0.29) is 5.57 Å². The first-order chi connectivity index (χ1) is 22.4. The molecule has 7 rings (SSSR count). The van der Waals surface area contributed by atoms with E-state index in [9.17, 15) is 24.9 Å². The smallest absolute Gasteiger partial charge is 0.331 e. The zero-order chi connectivity index (χ0) is 33.6. The van der Waals surface area contributed by atoms with Crippen molar-refractivity contribution >= 4 is 11.8 Å². The Balaban J connectivity index is 1.39. The van der Waals surface area contributed by atoms with Gasteiger partial charge in [-0.05, 0) is 37.8 Å². The zero-order valence-electron chi connectivity index (χ0n) is 27.3. The number of unbranched alkanes of at least 4 members (excludes halogenated alkanes) is 3. The third-order valence-electron chi connectivity index (χ3n) is 11.6. The highest BCUT2D eigenvalue weighted by molar-refractivity contribution is 6.05. The summed E-state index contributed by atoms with van der Waals surface area (Å²) in [5.41, 5.74) is -5.84. The van der Waals surface area contributed by atoms with Crippen molar-refractivity contribution in [2.24, 2.45) is 17.8 Å². The molecule has 10 heteroatoms. The van der Waals surface area contributed by atoms with Gasteiger partial charge in [-0.2, -0.15) is 0 Å². The van der Waals surface area contributed by atoms with Crippen LogP contribution in [0.25, 0.3) is 0 Å². The third-order valence-corrected chi connectivity index (χ3v) is 11.6. The quantitative estimate of drug-likeness (QED) is 0.0861. The van der Waals surface area contributed by atoms with Crippen molar-refractivity contribution in [3.05, 3.63) is 84.0 Å². The molecule has 3 aliphatic heterocycles. The summed E-state index contributed by atoms with van der Waals surface area (Å²) in [5, 5.41) is 34.9. The van der Waals surface area contributed by atoms with Gasteiger partial charge in [-0.1, -0.05) is 87.9 Å². The average molecular weight is 649 g/mol. The minimum absolute atomic E-state index is 0.236. The number of Topliss-reactive ketones (excluding diaryl/α,β-unsaturated/α-hetero) is 1. The molecule has 3 aliphatic carbocycles. The molecule has 0 aromatic heterocycles. The lowest BCUT2D eigenvalue weighted by Crippen LogP contribution is -2.76. The zero-order valence-corrected chi connectivity index (χ0v) is 27.3. The van der Waals surface area contributed by atoms with Gasteiger partial charge < -0.3 is 39.0 Å². The van der Waals surface area contributed by atoms with E-state index in [1.165, 1.54) is 6.08 Å². The summed E-state index contributed by atoms with van der Waals surface area (Å²) in [7, 11) is 0. The van der Waals surface area contributed by atoms with Gasteiger partial charge in [0.25, 0.3) is 0 Å². The molecule has 252 valence electrons. The Morgan fingerprint density at radius 1 is 1.11 bits per heavy atom. The van der Waals surface area contributed by atoms with Crippen LogP contribution in [-0.2, 0) is 39.2 Å². The van der Waals surface area contributed by atoms with Gasteiger partial charge in [0.05, 0.1) is 12.2 Å². The molecule has 10 nitrogen and oxygen atoms in total. The van der Waals surface area contributed by atoms with Crippen LogP contribution in [0.1, 0.15) is 58.9 Å². The molecule has 0 radical (unpaired) electrons. The lowest BCUT2D eigenvalue weighted by atomic mass is 9.53. The lowest BCUT2D eigenvalue weighted by Gasteiger charge is -2.61. The fourth-order valence-electron chi connectivity index (χ4n) is 9.30. The highest BCUT2D eigenvalue weighted by Crippen LogP contribution is 2.74. The summed E-state index contributed by atoms with van der Waals surface area (Å²) in [6.45, 7) is 11.0. The highest BCUT2D eigenvalue weighted by Gasteiger charge is 2.90. The number of esters is 1. The second-order valence-electron chi connectivity index (χ2n) is 14.1. The molecule has 0 unspecified atom stereocenters. The molecular weight excluding hydrogens is 604 g/mol.